The van der Waals surface area contributed by atoms with Crippen LogP contribution in [0.25, 0.3) is 0 Å². The van der Waals surface area contributed by atoms with Gasteiger partial charge in [-0.25, -0.2) is 14.4 Å². The molecule has 8 heteroatoms. The predicted molar refractivity (Wildman–Crippen MR) is 103 cm³/mol. The second kappa shape index (κ2) is 8.68. The molecule has 0 aliphatic carbocycles. The summed E-state index contributed by atoms with van der Waals surface area (Å²) < 4.78 is 13.0. The monoisotopic (exact) mass is 394 g/mol. The molecule has 1 amide bonds. The molecule has 26 heavy (non-hydrogen) atoms. The van der Waals surface area contributed by atoms with Crippen molar-refractivity contribution in [3.63, 3.8) is 0 Å². The maximum absolute atomic E-state index is 13.0. The normalized spacial score (nSPS) is 15.1. The largest absolute Gasteiger partial charge is 0.356 e. The summed E-state index contributed by atoms with van der Waals surface area (Å²) in [4.78, 5) is 22.9. The number of piperidine rings is 1. The first-order chi connectivity index (χ1) is 12.5. The van der Waals surface area contributed by atoms with Crippen molar-refractivity contribution in [2.75, 3.05) is 29.1 Å². The number of anilines is 2. The van der Waals surface area contributed by atoms with Crippen molar-refractivity contribution >= 4 is 40.8 Å². The maximum Gasteiger partial charge on any atom is 0.234 e. The summed E-state index contributed by atoms with van der Waals surface area (Å²) in [5, 5.41) is 3.60. The van der Waals surface area contributed by atoms with Crippen molar-refractivity contribution in [1.29, 1.82) is 0 Å². The zero-order valence-electron chi connectivity index (χ0n) is 14.4. The number of nitrogens with zero attached hydrogens (tertiary/aromatic N) is 3. The van der Waals surface area contributed by atoms with Gasteiger partial charge in [0, 0.05) is 19.2 Å². The molecule has 1 aliphatic heterocycles. The number of nitrogens with one attached hydrogen (secondary N) is 1. The van der Waals surface area contributed by atoms with Crippen molar-refractivity contribution in [3.05, 3.63) is 41.4 Å². The van der Waals surface area contributed by atoms with E-state index in [0.29, 0.717) is 5.69 Å². The Morgan fingerprint density at radius 3 is 2.85 bits per heavy atom. The maximum atomic E-state index is 13.0. The molecule has 0 unspecified atom stereocenters. The number of amides is 1. The van der Waals surface area contributed by atoms with E-state index in [1.54, 1.807) is 0 Å². The molecule has 1 aromatic heterocycles. The van der Waals surface area contributed by atoms with Crippen molar-refractivity contribution in [2.45, 2.75) is 24.8 Å². The van der Waals surface area contributed by atoms with E-state index < -0.39 is 5.82 Å². The van der Waals surface area contributed by atoms with Crippen LogP contribution in [-0.4, -0.2) is 34.7 Å². The van der Waals surface area contributed by atoms with Crippen LogP contribution >= 0.6 is 23.4 Å². The Balaban J connectivity index is 1.56. The van der Waals surface area contributed by atoms with Crippen LogP contribution in [0.5, 0.6) is 0 Å². The molecule has 1 N–H and O–H groups in total. The summed E-state index contributed by atoms with van der Waals surface area (Å²) in [6, 6.07) is 5.78. The van der Waals surface area contributed by atoms with Crippen LogP contribution in [0.4, 0.5) is 15.9 Å². The molecule has 3 rings (SSSR count). The molecular weight excluding hydrogens is 375 g/mol. The Labute approximate surface area is 161 Å². The van der Waals surface area contributed by atoms with E-state index in [9.17, 15) is 9.18 Å². The number of hydrogen-bond acceptors (Lipinski definition) is 5. The lowest BCUT2D eigenvalue weighted by atomic mass is 9.99. The minimum Gasteiger partial charge on any atom is -0.356 e. The number of carbonyl (C=O) groups excluding carboxylic acids is 1. The minimum absolute atomic E-state index is 0.173. The van der Waals surface area contributed by atoms with Crippen LogP contribution in [0.15, 0.2) is 35.6 Å². The van der Waals surface area contributed by atoms with E-state index >= 15 is 0 Å². The smallest absolute Gasteiger partial charge is 0.234 e. The molecule has 1 saturated heterocycles. The van der Waals surface area contributed by atoms with E-state index in [1.807, 2.05) is 6.07 Å². The van der Waals surface area contributed by atoms with Gasteiger partial charge in [0.15, 0.2) is 0 Å². The lowest BCUT2D eigenvalue weighted by Gasteiger charge is -2.31. The van der Waals surface area contributed by atoms with Crippen LogP contribution in [0.3, 0.4) is 0 Å². The Morgan fingerprint density at radius 2 is 2.12 bits per heavy atom. The van der Waals surface area contributed by atoms with Gasteiger partial charge in [-0.1, -0.05) is 30.3 Å². The third-order valence-corrected chi connectivity index (χ3v) is 5.53. The third kappa shape index (κ3) is 5.08. The van der Waals surface area contributed by atoms with Gasteiger partial charge in [-0.05, 0) is 37.0 Å². The van der Waals surface area contributed by atoms with E-state index in [-0.39, 0.29) is 16.7 Å². The summed E-state index contributed by atoms with van der Waals surface area (Å²) >= 11 is 7.25. The highest BCUT2D eigenvalue weighted by Crippen LogP contribution is 2.25. The summed E-state index contributed by atoms with van der Waals surface area (Å²) in [5.41, 5.74) is 0.393. The highest BCUT2D eigenvalue weighted by molar-refractivity contribution is 7.99. The first-order valence-electron chi connectivity index (χ1n) is 8.46. The van der Waals surface area contributed by atoms with Crippen molar-refractivity contribution in [3.8, 4) is 0 Å². The highest BCUT2D eigenvalue weighted by Gasteiger charge is 2.17. The number of benzene rings is 1. The topological polar surface area (TPSA) is 58.1 Å². The van der Waals surface area contributed by atoms with E-state index in [4.69, 9.17) is 11.6 Å². The number of aromatic nitrogens is 2. The van der Waals surface area contributed by atoms with Gasteiger partial charge in [0.1, 0.15) is 23.0 Å². The molecule has 0 atom stereocenters. The molecule has 0 saturated carbocycles. The van der Waals surface area contributed by atoms with Gasteiger partial charge in [0.25, 0.3) is 0 Å². The third-order valence-electron chi connectivity index (χ3n) is 4.29. The fourth-order valence-corrected chi connectivity index (χ4v) is 3.61. The summed E-state index contributed by atoms with van der Waals surface area (Å²) in [5.74, 6) is 1.17. The van der Waals surface area contributed by atoms with Crippen LogP contribution in [-0.2, 0) is 4.79 Å². The Hall–Kier alpha value is -1.86. The van der Waals surface area contributed by atoms with Gasteiger partial charge in [-0.15, -0.1) is 0 Å². The Kier molecular flexibility index (Phi) is 6.32. The quantitative estimate of drug-likeness (QED) is 0.607. The van der Waals surface area contributed by atoms with Crippen LogP contribution in [0.1, 0.15) is 19.8 Å². The van der Waals surface area contributed by atoms with E-state index in [2.05, 4.69) is 27.1 Å². The molecular formula is C18H20ClFN4OS. The fourth-order valence-electron chi connectivity index (χ4n) is 2.74. The van der Waals surface area contributed by atoms with Gasteiger partial charge in [-0.2, -0.15) is 0 Å². The lowest BCUT2D eigenvalue weighted by Crippen LogP contribution is -2.33. The number of thioether (sulfide) groups is 1. The first-order valence-corrected chi connectivity index (χ1v) is 9.82. The average molecular weight is 395 g/mol. The van der Waals surface area contributed by atoms with Gasteiger partial charge in [0.05, 0.1) is 16.5 Å². The lowest BCUT2D eigenvalue weighted by molar-refractivity contribution is -0.113. The summed E-state index contributed by atoms with van der Waals surface area (Å²) in [7, 11) is 0. The van der Waals surface area contributed by atoms with Gasteiger partial charge < -0.3 is 10.2 Å². The van der Waals surface area contributed by atoms with Gasteiger partial charge in [0.2, 0.25) is 5.91 Å². The van der Waals surface area contributed by atoms with Crippen LogP contribution < -0.4 is 10.2 Å². The van der Waals surface area contributed by atoms with Crippen LogP contribution in [0.2, 0.25) is 5.02 Å². The number of hydrogen-bond donors (Lipinski definition) is 1. The van der Waals surface area contributed by atoms with Crippen molar-refractivity contribution in [2.24, 2.45) is 5.92 Å². The SMILES string of the molecule is CC1CCN(c2cc(SCC(=O)Nc3ccc(F)cc3Cl)ncn2)CC1. The highest BCUT2D eigenvalue weighted by atomic mass is 35.5. The molecule has 1 aliphatic rings. The summed E-state index contributed by atoms with van der Waals surface area (Å²) in [6.45, 7) is 4.25. The molecule has 2 heterocycles. The van der Waals surface area contributed by atoms with Gasteiger partial charge in [-0.3, -0.25) is 4.79 Å². The zero-order chi connectivity index (χ0) is 18.5. The molecule has 1 aromatic carbocycles. The minimum atomic E-state index is -0.442. The Morgan fingerprint density at radius 1 is 1.35 bits per heavy atom. The molecule has 1 fully saturated rings. The van der Waals surface area contributed by atoms with Crippen molar-refractivity contribution in [1.82, 2.24) is 9.97 Å². The molecule has 2 aromatic rings. The zero-order valence-corrected chi connectivity index (χ0v) is 16.0. The van der Waals surface area contributed by atoms with Crippen molar-refractivity contribution < 1.29 is 9.18 Å². The second-order valence-electron chi connectivity index (χ2n) is 6.35. The summed E-state index contributed by atoms with van der Waals surface area (Å²) in [6.07, 6.45) is 3.85. The number of rotatable bonds is 5. The van der Waals surface area contributed by atoms with E-state index in [1.165, 1.54) is 36.3 Å². The standard InChI is InChI=1S/C18H20ClFN4OS/c1-12-4-6-24(7-5-12)16-9-18(22-11-21-16)26-10-17(25)23-15-3-2-13(20)8-14(15)19/h2-3,8-9,11-12H,4-7,10H2,1H3,(H,23,25). The molecule has 0 radical (unpaired) electrons. The molecule has 0 bridgehead atoms. The molecule has 5 nitrogen and oxygen atoms in total. The van der Waals surface area contributed by atoms with Gasteiger partial charge >= 0.3 is 0 Å². The molecule has 0 spiro atoms. The second-order valence-corrected chi connectivity index (χ2v) is 7.75. The average Bonchev–Trinajstić information content (AvgIpc) is 2.63. The predicted octanol–water partition coefficient (Wildman–Crippen LogP) is 4.24. The molecule has 138 valence electrons. The van der Waals surface area contributed by atoms with Crippen LogP contribution in [0, 0.1) is 11.7 Å². The fraction of sp³-hybridized carbons (Fsp3) is 0.389. The number of carbonyl (C=O) groups is 1. The Bertz CT molecular complexity index is 784. The first kappa shape index (κ1) is 18.9. The van der Waals surface area contributed by atoms with E-state index in [0.717, 1.165) is 42.7 Å². The number of halogens is 2.